The fourth-order valence-electron chi connectivity index (χ4n) is 1.25. The van der Waals surface area contributed by atoms with Crippen molar-refractivity contribution in [2.24, 2.45) is 0 Å². The quantitative estimate of drug-likeness (QED) is 0.816. The average Bonchev–Trinajstić information content (AvgIpc) is 2.19. The lowest BCUT2D eigenvalue weighted by Gasteiger charge is -2.20. The van der Waals surface area contributed by atoms with Crippen LogP contribution in [0, 0.1) is 0 Å². The molecule has 0 aliphatic carbocycles. The van der Waals surface area contributed by atoms with Crippen molar-refractivity contribution in [2.75, 3.05) is 13.1 Å². The maximum atomic E-state index is 4.29. The second kappa shape index (κ2) is 6.33. The molecule has 0 radical (unpaired) electrons. The molecule has 0 fully saturated rings. The van der Waals surface area contributed by atoms with Gasteiger partial charge < -0.3 is 10.6 Å². The monoisotopic (exact) mass is 285 g/mol. The lowest BCUT2D eigenvalue weighted by Crippen LogP contribution is -2.40. The van der Waals surface area contributed by atoms with E-state index in [1.54, 1.807) is 0 Å². The lowest BCUT2D eigenvalue weighted by atomic mass is 10.1. The molecule has 0 aliphatic rings. The Morgan fingerprint density at radius 3 is 2.56 bits per heavy atom. The van der Waals surface area contributed by atoms with E-state index in [-0.39, 0.29) is 5.54 Å². The molecule has 0 saturated carbocycles. The molecule has 4 heteroatoms. The van der Waals surface area contributed by atoms with Crippen LogP contribution in [0.4, 0.5) is 0 Å². The largest absolute Gasteiger partial charge is 0.311 e. The number of hydrogen-bond acceptors (Lipinski definition) is 3. The molecule has 3 nitrogen and oxygen atoms in total. The third-order valence-corrected chi connectivity index (χ3v) is 2.52. The molecule has 0 amide bonds. The first kappa shape index (κ1) is 13.6. The molecule has 1 rings (SSSR count). The minimum atomic E-state index is 0.192. The number of rotatable bonds is 5. The van der Waals surface area contributed by atoms with Gasteiger partial charge in [-0.3, -0.25) is 4.98 Å². The SMILES string of the molecule is CC(C)(C)NCCNCc1ccc(Br)cn1. The molecule has 0 aromatic carbocycles. The first-order valence-electron chi connectivity index (χ1n) is 5.53. The number of aromatic nitrogens is 1. The average molecular weight is 286 g/mol. The van der Waals surface area contributed by atoms with E-state index >= 15 is 0 Å². The molecule has 0 unspecified atom stereocenters. The van der Waals surface area contributed by atoms with Crippen molar-refractivity contribution in [3.05, 3.63) is 28.5 Å². The van der Waals surface area contributed by atoms with E-state index in [2.05, 4.69) is 52.3 Å². The summed E-state index contributed by atoms with van der Waals surface area (Å²) in [5, 5.41) is 6.78. The van der Waals surface area contributed by atoms with Crippen LogP contribution in [-0.2, 0) is 6.54 Å². The fourth-order valence-corrected chi connectivity index (χ4v) is 1.49. The first-order chi connectivity index (χ1) is 7.47. The van der Waals surface area contributed by atoms with Gasteiger partial charge in [0.15, 0.2) is 0 Å². The lowest BCUT2D eigenvalue weighted by molar-refractivity contribution is 0.421. The van der Waals surface area contributed by atoms with Gasteiger partial charge in [-0.15, -0.1) is 0 Å². The molecular formula is C12H20BrN3. The van der Waals surface area contributed by atoms with Crippen LogP contribution in [0.25, 0.3) is 0 Å². The van der Waals surface area contributed by atoms with E-state index < -0.39 is 0 Å². The highest BCUT2D eigenvalue weighted by Crippen LogP contribution is 2.06. The highest BCUT2D eigenvalue weighted by atomic mass is 79.9. The smallest absolute Gasteiger partial charge is 0.0542 e. The van der Waals surface area contributed by atoms with Crippen molar-refractivity contribution in [2.45, 2.75) is 32.9 Å². The van der Waals surface area contributed by atoms with Crippen LogP contribution in [0.2, 0.25) is 0 Å². The Bertz CT molecular complexity index is 303. The van der Waals surface area contributed by atoms with Crippen LogP contribution in [0.1, 0.15) is 26.5 Å². The zero-order valence-electron chi connectivity index (χ0n) is 10.2. The molecule has 1 aromatic heterocycles. The van der Waals surface area contributed by atoms with Crippen LogP contribution >= 0.6 is 15.9 Å². The van der Waals surface area contributed by atoms with Crippen molar-refractivity contribution in [3.63, 3.8) is 0 Å². The van der Waals surface area contributed by atoms with Crippen LogP contribution in [-0.4, -0.2) is 23.6 Å². The topological polar surface area (TPSA) is 37.0 Å². The summed E-state index contributed by atoms with van der Waals surface area (Å²) >= 11 is 3.37. The summed E-state index contributed by atoms with van der Waals surface area (Å²) in [7, 11) is 0. The standard InChI is InChI=1S/C12H20BrN3/c1-12(2,3)16-7-6-14-9-11-5-4-10(13)8-15-11/h4-5,8,14,16H,6-7,9H2,1-3H3. The molecule has 0 spiro atoms. The summed E-state index contributed by atoms with van der Waals surface area (Å²) < 4.78 is 1.02. The van der Waals surface area contributed by atoms with Crippen LogP contribution in [0.3, 0.4) is 0 Å². The zero-order valence-corrected chi connectivity index (χ0v) is 11.8. The molecule has 1 aromatic rings. The number of nitrogens with one attached hydrogen (secondary N) is 2. The van der Waals surface area contributed by atoms with E-state index in [9.17, 15) is 0 Å². The first-order valence-corrected chi connectivity index (χ1v) is 6.33. The summed E-state index contributed by atoms with van der Waals surface area (Å²) in [6, 6.07) is 4.03. The summed E-state index contributed by atoms with van der Waals surface area (Å²) in [5.41, 5.74) is 1.26. The van der Waals surface area contributed by atoms with E-state index in [0.29, 0.717) is 0 Å². The molecule has 90 valence electrons. The van der Waals surface area contributed by atoms with E-state index in [4.69, 9.17) is 0 Å². The van der Waals surface area contributed by atoms with Gasteiger partial charge in [-0.05, 0) is 48.8 Å². The Balaban J connectivity index is 2.14. The highest BCUT2D eigenvalue weighted by Gasteiger charge is 2.06. The second-order valence-corrected chi connectivity index (χ2v) is 5.74. The Morgan fingerprint density at radius 1 is 1.25 bits per heavy atom. The molecule has 0 saturated heterocycles. The zero-order chi connectivity index (χ0) is 12.0. The summed E-state index contributed by atoms with van der Waals surface area (Å²) in [6.07, 6.45) is 1.82. The molecule has 0 aliphatic heterocycles. The summed E-state index contributed by atoms with van der Waals surface area (Å²) in [6.45, 7) is 9.25. The van der Waals surface area contributed by atoms with Crippen molar-refractivity contribution < 1.29 is 0 Å². The van der Waals surface area contributed by atoms with E-state index in [1.165, 1.54) is 0 Å². The molecule has 0 atom stereocenters. The molecule has 1 heterocycles. The van der Waals surface area contributed by atoms with E-state index in [1.807, 2.05) is 18.3 Å². The number of nitrogens with zero attached hydrogens (tertiary/aromatic N) is 1. The van der Waals surface area contributed by atoms with Crippen LogP contribution < -0.4 is 10.6 Å². The fraction of sp³-hybridized carbons (Fsp3) is 0.583. The third kappa shape index (κ3) is 6.20. The van der Waals surface area contributed by atoms with Gasteiger partial charge in [-0.2, -0.15) is 0 Å². The molecule has 16 heavy (non-hydrogen) atoms. The van der Waals surface area contributed by atoms with Gasteiger partial charge in [0.05, 0.1) is 5.69 Å². The normalized spacial score (nSPS) is 11.8. The Morgan fingerprint density at radius 2 is 2.00 bits per heavy atom. The predicted octanol–water partition coefficient (Wildman–Crippen LogP) is 2.32. The maximum Gasteiger partial charge on any atom is 0.0542 e. The van der Waals surface area contributed by atoms with Gasteiger partial charge in [0.1, 0.15) is 0 Å². The number of halogens is 1. The van der Waals surface area contributed by atoms with Gasteiger partial charge in [-0.25, -0.2) is 0 Å². The summed E-state index contributed by atoms with van der Waals surface area (Å²) in [4.78, 5) is 4.29. The maximum absolute atomic E-state index is 4.29. The van der Waals surface area contributed by atoms with Gasteiger partial charge in [0.25, 0.3) is 0 Å². The Kier molecular flexibility index (Phi) is 5.38. The predicted molar refractivity (Wildman–Crippen MR) is 71.4 cm³/mol. The minimum absolute atomic E-state index is 0.192. The van der Waals surface area contributed by atoms with Crippen molar-refractivity contribution in [3.8, 4) is 0 Å². The van der Waals surface area contributed by atoms with Crippen LogP contribution in [0.15, 0.2) is 22.8 Å². The molecular weight excluding hydrogens is 266 g/mol. The Labute approximate surface area is 106 Å². The number of hydrogen-bond donors (Lipinski definition) is 2. The molecule has 0 bridgehead atoms. The van der Waals surface area contributed by atoms with Gasteiger partial charge in [0, 0.05) is 35.8 Å². The van der Waals surface area contributed by atoms with Crippen molar-refractivity contribution in [1.82, 2.24) is 15.6 Å². The Hall–Kier alpha value is -0.450. The molecule has 2 N–H and O–H groups in total. The minimum Gasteiger partial charge on any atom is -0.311 e. The van der Waals surface area contributed by atoms with Gasteiger partial charge >= 0.3 is 0 Å². The third-order valence-electron chi connectivity index (χ3n) is 2.05. The van der Waals surface area contributed by atoms with Crippen molar-refractivity contribution in [1.29, 1.82) is 0 Å². The van der Waals surface area contributed by atoms with E-state index in [0.717, 1.165) is 29.8 Å². The summed E-state index contributed by atoms with van der Waals surface area (Å²) in [5.74, 6) is 0. The van der Waals surface area contributed by atoms with Crippen LogP contribution in [0.5, 0.6) is 0 Å². The highest BCUT2D eigenvalue weighted by molar-refractivity contribution is 9.10. The number of pyridine rings is 1. The van der Waals surface area contributed by atoms with Gasteiger partial charge in [0.2, 0.25) is 0 Å². The van der Waals surface area contributed by atoms with Gasteiger partial charge in [-0.1, -0.05) is 0 Å². The van der Waals surface area contributed by atoms with Crippen molar-refractivity contribution >= 4 is 15.9 Å². The second-order valence-electron chi connectivity index (χ2n) is 4.82.